The molecule has 2 aromatic carbocycles. The maximum atomic E-state index is 12.8. The highest BCUT2D eigenvalue weighted by Gasteiger charge is 2.16. The van der Waals surface area contributed by atoms with Gasteiger partial charge in [-0.25, -0.2) is 0 Å². The number of nitrogen functional groups attached to an aromatic ring is 1. The van der Waals surface area contributed by atoms with Gasteiger partial charge < -0.3 is 10.7 Å². The molecule has 3 heteroatoms. The molecular formula is C18H18N2O. The van der Waals surface area contributed by atoms with Crippen molar-refractivity contribution in [2.45, 2.75) is 20.3 Å². The largest absolute Gasteiger partial charge is 0.399 e. The van der Waals surface area contributed by atoms with Crippen LogP contribution in [-0.2, 0) is 6.42 Å². The van der Waals surface area contributed by atoms with Gasteiger partial charge >= 0.3 is 0 Å². The van der Waals surface area contributed by atoms with E-state index in [2.05, 4.69) is 18.0 Å². The molecule has 0 aliphatic carbocycles. The van der Waals surface area contributed by atoms with Crippen LogP contribution in [0.5, 0.6) is 0 Å². The second-order valence-corrected chi connectivity index (χ2v) is 5.30. The van der Waals surface area contributed by atoms with Gasteiger partial charge in [0.2, 0.25) is 0 Å². The summed E-state index contributed by atoms with van der Waals surface area (Å²) in [5, 5.41) is 0.982. The molecule has 0 amide bonds. The van der Waals surface area contributed by atoms with Gasteiger partial charge in [0.15, 0.2) is 5.78 Å². The zero-order valence-electron chi connectivity index (χ0n) is 12.2. The van der Waals surface area contributed by atoms with Crippen LogP contribution in [0.25, 0.3) is 10.9 Å². The quantitative estimate of drug-likeness (QED) is 0.564. The number of nitrogens with one attached hydrogen (secondary N) is 1. The van der Waals surface area contributed by atoms with Gasteiger partial charge in [0, 0.05) is 33.9 Å². The molecule has 1 aromatic heterocycles. The Kier molecular flexibility index (Phi) is 3.26. The van der Waals surface area contributed by atoms with Gasteiger partial charge in [-0.1, -0.05) is 25.1 Å². The number of aromatic amines is 1. The fraction of sp³-hybridized carbons (Fsp3) is 0.167. The zero-order valence-corrected chi connectivity index (χ0v) is 12.2. The average molecular weight is 278 g/mol. The van der Waals surface area contributed by atoms with Crippen LogP contribution in [0.1, 0.15) is 34.0 Å². The van der Waals surface area contributed by atoms with Gasteiger partial charge in [0.1, 0.15) is 0 Å². The second-order valence-electron chi connectivity index (χ2n) is 5.30. The number of anilines is 1. The summed E-state index contributed by atoms with van der Waals surface area (Å²) in [7, 11) is 0. The summed E-state index contributed by atoms with van der Waals surface area (Å²) in [5.41, 5.74) is 11.0. The van der Waals surface area contributed by atoms with Crippen molar-refractivity contribution in [2.24, 2.45) is 0 Å². The Hall–Kier alpha value is -2.55. The van der Waals surface area contributed by atoms with E-state index in [0.717, 1.165) is 22.9 Å². The molecule has 106 valence electrons. The minimum absolute atomic E-state index is 0.0343. The van der Waals surface area contributed by atoms with Crippen molar-refractivity contribution in [3.63, 3.8) is 0 Å². The number of rotatable bonds is 3. The van der Waals surface area contributed by atoms with E-state index in [1.165, 1.54) is 5.56 Å². The van der Waals surface area contributed by atoms with Gasteiger partial charge in [-0.3, -0.25) is 4.79 Å². The molecule has 3 nitrogen and oxygen atoms in total. The Morgan fingerprint density at radius 3 is 2.71 bits per heavy atom. The SMILES string of the molecule is CCc1cccc2c(C(=O)c3ccc(N)cc3C)c[nH]c12. The number of para-hydroxylation sites is 1. The van der Waals surface area contributed by atoms with Crippen molar-refractivity contribution in [1.82, 2.24) is 4.98 Å². The molecular weight excluding hydrogens is 260 g/mol. The predicted molar refractivity (Wildman–Crippen MR) is 86.7 cm³/mol. The Labute approximate surface area is 123 Å². The normalized spacial score (nSPS) is 11.0. The number of hydrogen-bond acceptors (Lipinski definition) is 2. The molecule has 0 radical (unpaired) electrons. The Bertz CT molecular complexity index is 830. The maximum Gasteiger partial charge on any atom is 0.195 e. The van der Waals surface area contributed by atoms with E-state index in [9.17, 15) is 4.79 Å². The van der Waals surface area contributed by atoms with Crippen molar-refractivity contribution in [1.29, 1.82) is 0 Å². The number of aryl methyl sites for hydroxylation is 2. The fourth-order valence-corrected chi connectivity index (χ4v) is 2.79. The smallest absolute Gasteiger partial charge is 0.195 e. The van der Waals surface area contributed by atoms with E-state index in [4.69, 9.17) is 5.73 Å². The van der Waals surface area contributed by atoms with Crippen LogP contribution < -0.4 is 5.73 Å². The third kappa shape index (κ3) is 2.21. The number of aromatic nitrogens is 1. The van der Waals surface area contributed by atoms with Crippen LogP contribution in [0, 0.1) is 6.92 Å². The van der Waals surface area contributed by atoms with Gasteiger partial charge in [-0.05, 0) is 42.7 Å². The second kappa shape index (κ2) is 5.09. The number of carbonyl (C=O) groups excluding carboxylic acids is 1. The van der Waals surface area contributed by atoms with Crippen molar-refractivity contribution in [3.05, 3.63) is 64.8 Å². The van der Waals surface area contributed by atoms with Gasteiger partial charge in [0.25, 0.3) is 0 Å². The molecule has 0 spiro atoms. The molecule has 0 atom stereocenters. The average Bonchev–Trinajstić information content (AvgIpc) is 2.90. The molecule has 0 saturated heterocycles. The van der Waals surface area contributed by atoms with Crippen molar-refractivity contribution in [3.8, 4) is 0 Å². The van der Waals surface area contributed by atoms with E-state index < -0.39 is 0 Å². The molecule has 1 heterocycles. The van der Waals surface area contributed by atoms with Crippen LogP contribution in [0.4, 0.5) is 5.69 Å². The van der Waals surface area contributed by atoms with Gasteiger partial charge in [-0.15, -0.1) is 0 Å². The highest BCUT2D eigenvalue weighted by molar-refractivity contribution is 6.17. The zero-order chi connectivity index (χ0) is 15.0. The first kappa shape index (κ1) is 13.4. The van der Waals surface area contributed by atoms with Crippen LogP contribution in [0.2, 0.25) is 0 Å². The number of ketones is 1. The molecule has 3 aromatic rings. The van der Waals surface area contributed by atoms with E-state index >= 15 is 0 Å². The van der Waals surface area contributed by atoms with Gasteiger partial charge in [-0.2, -0.15) is 0 Å². The highest BCUT2D eigenvalue weighted by Crippen LogP contribution is 2.25. The predicted octanol–water partition coefficient (Wildman–Crippen LogP) is 3.85. The van der Waals surface area contributed by atoms with Crippen LogP contribution in [0.3, 0.4) is 0 Å². The maximum absolute atomic E-state index is 12.8. The minimum atomic E-state index is 0.0343. The summed E-state index contributed by atoms with van der Waals surface area (Å²) < 4.78 is 0. The molecule has 0 aliphatic rings. The first-order chi connectivity index (χ1) is 10.1. The fourth-order valence-electron chi connectivity index (χ4n) is 2.79. The van der Waals surface area contributed by atoms with E-state index in [1.807, 2.05) is 31.3 Å². The Balaban J connectivity index is 2.14. The minimum Gasteiger partial charge on any atom is -0.399 e. The molecule has 0 saturated carbocycles. The van der Waals surface area contributed by atoms with Crippen LogP contribution in [-0.4, -0.2) is 10.8 Å². The Morgan fingerprint density at radius 1 is 1.19 bits per heavy atom. The summed E-state index contributed by atoms with van der Waals surface area (Å²) in [4.78, 5) is 16.0. The van der Waals surface area contributed by atoms with Crippen LogP contribution in [0.15, 0.2) is 42.6 Å². The molecule has 0 fully saturated rings. The number of carbonyl (C=O) groups is 1. The van der Waals surface area contributed by atoms with Crippen molar-refractivity contribution < 1.29 is 4.79 Å². The number of nitrogens with two attached hydrogens (primary N) is 1. The Morgan fingerprint density at radius 2 is 2.00 bits per heavy atom. The van der Waals surface area contributed by atoms with E-state index in [-0.39, 0.29) is 5.78 Å². The lowest BCUT2D eigenvalue weighted by atomic mass is 9.97. The number of benzene rings is 2. The molecule has 3 rings (SSSR count). The monoisotopic (exact) mass is 278 g/mol. The molecule has 0 aliphatic heterocycles. The summed E-state index contributed by atoms with van der Waals surface area (Å²) >= 11 is 0. The number of H-pyrrole nitrogens is 1. The molecule has 3 N–H and O–H groups in total. The molecule has 0 unspecified atom stereocenters. The first-order valence-electron chi connectivity index (χ1n) is 7.11. The summed E-state index contributed by atoms with van der Waals surface area (Å²) in [5.74, 6) is 0.0343. The van der Waals surface area contributed by atoms with Crippen molar-refractivity contribution in [2.75, 3.05) is 5.73 Å². The topological polar surface area (TPSA) is 58.9 Å². The molecule has 21 heavy (non-hydrogen) atoms. The van der Waals surface area contributed by atoms with Crippen molar-refractivity contribution >= 4 is 22.4 Å². The van der Waals surface area contributed by atoms with E-state index in [1.54, 1.807) is 12.1 Å². The van der Waals surface area contributed by atoms with Gasteiger partial charge in [0.05, 0.1) is 0 Å². The number of hydrogen-bond donors (Lipinski definition) is 2. The lowest BCUT2D eigenvalue weighted by molar-refractivity contribution is 0.104. The van der Waals surface area contributed by atoms with Crippen LogP contribution >= 0.6 is 0 Å². The third-order valence-corrected chi connectivity index (χ3v) is 3.92. The van der Waals surface area contributed by atoms with E-state index in [0.29, 0.717) is 16.8 Å². The highest BCUT2D eigenvalue weighted by atomic mass is 16.1. The molecule has 0 bridgehead atoms. The number of fused-ring (bicyclic) bond motifs is 1. The third-order valence-electron chi connectivity index (χ3n) is 3.92. The standard InChI is InChI=1S/C18H18N2O/c1-3-12-5-4-6-15-16(10-20-17(12)15)18(21)14-8-7-13(19)9-11(14)2/h4-10,20H,3,19H2,1-2H3. The summed E-state index contributed by atoms with van der Waals surface area (Å²) in [6.45, 7) is 4.02. The summed E-state index contributed by atoms with van der Waals surface area (Å²) in [6, 6.07) is 11.5. The lowest BCUT2D eigenvalue weighted by Gasteiger charge is -2.06. The summed E-state index contributed by atoms with van der Waals surface area (Å²) in [6.07, 6.45) is 2.74. The first-order valence-corrected chi connectivity index (χ1v) is 7.11. The lowest BCUT2D eigenvalue weighted by Crippen LogP contribution is -2.03.